The van der Waals surface area contributed by atoms with Crippen LogP contribution in [0.3, 0.4) is 0 Å². The Kier molecular flexibility index (Phi) is 4.37. The van der Waals surface area contributed by atoms with E-state index in [1.54, 1.807) is 0 Å². The van der Waals surface area contributed by atoms with E-state index in [9.17, 15) is 0 Å². The van der Waals surface area contributed by atoms with Crippen LogP contribution < -0.4 is 5.73 Å². The maximum absolute atomic E-state index is 5.91. The SMILES string of the molecule is NCc1ccc(COC2CCCCC2)cc1. The summed E-state index contributed by atoms with van der Waals surface area (Å²) in [6.45, 7) is 1.36. The molecule has 2 N–H and O–H groups in total. The molecule has 0 atom stereocenters. The summed E-state index contributed by atoms with van der Waals surface area (Å²) < 4.78 is 5.91. The van der Waals surface area contributed by atoms with Gasteiger partial charge in [0, 0.05) is 6.54 Å². The molecule has 2 rings (SSSR count). The predicted octanol–water partition coefficient (Wildman–Crippen LogP) is 2.99. The van der Waals surface area contributed by atoms with Gasteiger partial charge >= 0.3 is 0 Å². The summed E-state index contributed by atoms with van der Waals surface area (Å²) in [4.78, 5) is 0. The molecule has 0 aromatic heterocycles. The van der Waals surface area contributed by atoms with E-state index in [1.807, 2.05) is 0 Å². The zero-order valence-corrected chi connectivity index (χ0v) is 9.82. The van der Waals surface area contributed by atoms with Crippen molar-refractivity contribution in [3.63, 3.8) is 0 Å². The molecule has 0 spiro atoms. The zero-order chi connectivity index (χ0) is 11.2. The molecule has 1 aromatic rings. The first-order valence-electron chi connectivity index (χ1n) is 6.28. The lowest BCUT2D eigenvalue weighted by molar-refractivity contribution is 0.0169. The maximum atomic E-state index is 5.91. The predicted molar refractivity (Wildman–Crippen MR) is 66.0 cm³/mol. The summed E-state index contributed by atoms with van der Waals surface area (Å²) in [6.07, 6.45) is 7.00. The molecule has 0 saturated heterocycles. The first-order valence-corrected chi connectivity index (χ1v) is 6.28. The molecule has 16 heavy (non-hydrogen) atoms. The van der Waals surface area contributed by atoms with Crippen LogP contribution in [-0.4, -0.2) is 6.10 Å². The minimum absolute atomic E-state index is 0.489. The Balaban J connectivity index is 1.79. The van der Waals surface area contributed by atoms with Crippen LogP contribution in [0, 0.1) is 0 Å². The molecule has 0 heterocycles. The molecule has 0 radical (unpaired) electrons. The molecule has 1 fully saturated rings. The van der Waals surface area contributed by atoms with E-state index in [0.29, 0.717) is 12.6 Å². The highest BCUT2D eigenvalue weighted by Gasteiger charge is 2.13. The monoisotopic (exact) mass is 219 g/mol. The Hall–Kier alpha value is -0.860. The van der Waals surface area contributed by atoms with Gasteiger partial charge in [-0.05, 0) is 24.0 Å². The summed E-state index contributed by atoms with van der Waals surface area (Å²) in [5.41, 5.74) is 7.99. The van der Waals surface area contributed by atoms with Crippen LogP contribution in [0.15, 0.2) is 24.3 Å². The number of benzene rings is 1. The molecule has 2 nitrogen and oxygen atoms in total. The highest BCUT2D eigenvalue weighted by Crippen LogP contribution is 2.21. The summed E-state index contributed by atoms with van der Waals surface area (Å²) in [6, 6.07) is 8.40. The topological polar surface area (TPSA) is 35.2 Å². The van der Waals surface area contributed by atoms with Crippen molar-refractivity contribution in [3.05, 3.63) is 35.4 Å². The smallest absolute Gasteiger partial charge is 0.0720 e. The second kappa shape index (κ2) is 6.02. The molecule has 0 amide bonds. The molecule has 0 bridgehead atoms. The average Bonchev–Trinajstić information content (AvgIpc) is 2.38. The largest absolute Gasteiger partial charge is 0.374 e. The van der Waals surface area contributed by atoms with Crippen molar-refractivity contribution in [1.82, 2.24) is 0 Å². The van der Waals surface area contributed by atoms with E-state index < -0.39 is 0 Å². The van der Waals surface area contributed by atoms with Crippen molar-refractivity contribution in [2.75, 3.05) is 0 Å². The standard InChI is InChI=1S/C14H21NO/c15-10-12-6-8-13(9-7-12)11-16-14-4-2-1-3-5-14/h6-9,14H,1-5,10-11,15H2. The molecular formula is C14H21NO. The van der Waals surface area contributed by atoms with E-state index in [0.717, 1.165) is 6.61 Å². The molecule has 1 aromatic carbocycles. The Labute approximate surface area is 97.8 Å². The van der Waals surface area contributed by atoms with Crippen molar-refractivity contribution in [2.45, 2.75) is 51.4 Å². The summed E-state index contributed by atoms with van der Waals surface area (Å²) in [5, 5.41) is 0. The normalized spacial score (nSPS) is 17.6. The highest BCUT2D eigenvalue weighted by atomic mass is 16.5. The van der Waals surface area contributed by atoms with Crippen molar-refractivity contribution < 1.29 is 4.74 Å². The van der Waals surface area contributed by atoms with Gasteiger partial charge in [0.1, 0.15) is 0 Å². The number of rotatable bonds is 4. The van der Waals surface area contributed by atoms with Crippen LogP contribution >= 0.6 is 0 Å². The van der Waals surface area contributed by atoms with Crippen LogP contribution in [-0.2, 0) is 17.9 Å². The highest BCUT2D eigenvalue weighted by molar-refractivity contribution is 5.21. The maximum Gasteiger partial charge on any atom is 0.0720 e. The fourth-order valence-electron chi connectivity index (χ4n) is 2.22. The molecule has 1 aliphatic carbocycles. The van der Waals surface area contributed by atoms with E-state index in [4.69, 9.17) is 10.5 Å². The van der Waals surface area contributed by atoms with E-state index in [1.165, 1.54) is 43.2 Å². The minimum atomic E-state index is 0.489. The fraction of sp³-hybridized carbons (Fsp3) is 0.571. The summed E-state index contributed by atoms with van der Waals surface area (Å²) >= 11 is 0. The van der Waals surface area contributed by atoms with Gasteiger partial charge in [0.2, 0.25) is 0 Å². The third-order valence-corrected chi connectivity index (χ3v) is 3.30. The third kappa shape index (κ3) is 3.32. The summed E-state index contributed by atoms with van der Waals surface area (Å²) in [5.74, 6) is 0. The minimum Gasteiger partial charge on any atom is -0.374 e. The fourth-order valence-corrected chi connectivity index (χ4v) is 2.22. The number of nitrogens with two attached hydrogens (primary N) is 1. The first-order chi connectivity index (χ1) is 7.88. The van der Waals surface area contributed by atoms with Crippen molar-refractivity contribution >= 4 is 0 Å². The summed E-state index contributed by atoms with van der Waals surface area (Å²) in [7, 11) is 0. The molecule has 1 aliphatic rings. The second-order valence-corrected chi connectivity index (χ2v) is 4.59. The first kappa shape index (κ1) is 11.6. The van der Waals surface area contributed by atoms with Gasteiger partial charge in [-0.2, -0.15) is 0 Å². The molecule has 0 unspecified atom stereocenters. The van der Waals surface area contributed by atoms with Crippen molar-refractivity contribution in [1.29, 1.82) is 0 Å². The quantitative estimate of drug-likeness (QED) is 0.845. The van der Waals surface area contributed by atoms with E-state index in [2.05, 4.69) is 24.3 Å². The lowest BCUT2D eigenvalue weighted by atomic mass is 9.98. The Bertz CT molecular complexity index is 301. The zero-order valence-electron chi connectivity index (χ0n) is 9.82. The number of hydrogen-bond donors (Lipinski definition) is 1. The molecule has 0 aliphatic heterocycles. The van der Waals surface area contributed by atoms with E-state index >= 15 is 0 Å². The van der Waals surface area contributed by atoms with Crippen molar-refractivity contribution in [3.8, 4) is 0 Å². The third-order valence-electron chi connectivity index (χ3n) is 3.30. The Morgan fingerprint density at radius 2 is 1.62 bits per heavy atom. The Morgan fingerprint density at radius 1 is 1.00 bits per heavy atom. The second-order valence-electron chi connectivity index (χ2n) is 4.59. The van der Waals surface area contributed by atoms with Crippen LogP contribution in [0.2, 0.25) is 0 Å². The van der Waals surface area contributed by atoms with Gasteiger partial charge in [0.25, 0.3) is 0 Å². The van der Waals surface area contributed by atoms with Gasteiger partial charge in [-0.1, -0.05) is 43.5 Å². The van der Waals surface area contributed by atoms with Gasteiger partial charge in [0.15, 0.2) is 0 Å². The van der Waals surface area contributed by atoms with E-state index in [-0.39, 0.29) is 0 Å². The van der Waals surface area contributed by atoms with Gasteiger partial charge in [-0.3, -0.25) is 0 Å². The van der Waals surface area contributed by atoms with Crippen molar-refractivity contribution in [2.24, 2.45) is 5.73 Å². The molecular weight excluding hydrogens is 198 g/mol. The van der Waals surface area contributed by atoms with Crippen LogP contribution in [0.4, 0.5) is 0 Å². The van der Waals surface area contributed by atoms with Gasteiger partial charge in [0.05, 0.1) is 12.7 Å². The van der Waals surface area contributed by atoms with Crippen LogP contribution in [0.5, 0.6) is 0 Å². The molecule has 1 saturated carbocycles. The van der Waals surface area contributed by atoms with Gasteiger partial charge < -0.3 is 10.5 Å². The molecule has 2 heteroatoms. The number of ether oxygens (including phenoxy) is 1. The van der Waals surface area contributed by atoms with Gasteiger partial charge in [-0.15, -0.1) is 0 Å². The molecule has 88 valence electrons. The number of hydrogen-bond acceptors (Lipinski definition) is 2. The average molecular weight is 219 g/mol. The van der Waals surface area contributed by atoms with Crippen LogP contribution in [0.1, 0.15) is 43.2 Å². The van der Waals surface area contributed by atoms with Crippen LogP contribution in [0.25, 0.3) is 0 Å². The van der Waals surface area contributed by atoms with Gasteiger partial charge in [-0.25, -0.2) is 0 Å². The lowest BCUT2D eigenvalue weighted by Crippen LogP contribution is -2.16. The Morgan fingerprint density at radius 3 is 2.25 bits per heavy atom. The lowest BCUT2D eigenvalue weighted by Gasteiger charge is -2.22.